The van der Waals surface area contributed by atoms with Gasteiger partial charge in [-0.2, -0.15) is 0 Å². The standard InChI is InChI=1S/C20H17ClN4O4S.C20H17ClN4O3S/c1-9-15-16(11-4-6-12(21)7-5-11)22-13(8-14(26)29-3)18-24-23-10(2)25(18)19(15)30-17(9)20(27)28;1-10-15(9-26)29-20-17(10)18(12-4-6-13(21)7-5-12)22-14(8-16(27)28-3)19-24-23-11(2)25(19)20/h4-7,13H,8H2,1-3H3,(H,27,28);4-7,9,14H,8H2,1-3H3/t13-;14-/m00/s1. The number of aliphatic imine (C=N–C) groups is 2. The van der Waals surface area contributed by atoms with Gasteiger partial charge in [-0.15, -0.1) is 43.1 Å². The number of hydrogen-bond acceptors (Lipinski definition) is 14. The van der Waals surface area contributed by atoms with E-state index in [1.807, 2.05) is 42.7 Å². The third-order valence-corrected chi connectivity index (χ3v) is 12.7. The van der Waals surface area contributed by atoms with Crippen molar-refractivity contribution >= 4 is 81.5 Å². The van der Waals surface area contributed by atoms with Crippen LogP contribution in [0.3, 0.4) is 0 Å². The number of carbonyl (C=O) groups is 4. The Morgan fingerprint density at radius 1 is 0.695 bits per heavy atom. The molecule has 15 nitrogen and oxygen atoms in total. The number of ether oxygens (including phenoxy) is 2. The number of aromatic nitrogens is 6. The van der Waals surface area contributed by atoms with Gasteiger partial charge in [0.15, 0.2) is 17.9 Å². The number of methoxy groups -OCH3 is 2. The Balaban J connectivity index is 0.000000179. The second-order valence-electron chi connectivity index (χ2n) is 13.4. The highest BCUT2D eigenvalue weighted by molar-refractivity contribution is 7.17. The van der Waals surface area contributed by atoms with Crippen LogP contribution < -0.4 is 0 Å². The molecule has 59 heavy (non-hydrogen) atoms. The van der Waals surface area contributed by atoms with Crippen molar-refractivity contribution < 1.29 is 33.8 Å². The highest BCUT2D eigenvalue weighted by Gasteiger charge is 2.35. The molecule has 2 atom stereocenters. The van der Waals surface area contributed by atoms with Crippen LogP contribution in [0.2, 0.25) is 10.0 Å². The van der Waals surface area contributed by atoms with Crippen molar-refractivity contribution in [2.45, 2.75) is 52.6 Å². The fourth-order valence-electron chi connectivity index (χ4n) is 6.86. The molecule has 0 fully saturated rings. The predicted molar refractivity (Wildman–Crippen MR) is 223 cm³/mol. The lowest BCUT2D eigenvalue weighted by molar-refractivity contribution is -0.142. The quantitative estimate of drug-likeness (QED) is 0.117. The van der Waals surface area contributed by atoms with Crippen molar-refractivity contribution in [3.63, 3.8) is 0 Å². The van der Waals surface area contributed by atoms with Crippen molar-refractivity contribution in [2.75, 3.05) is 14.2 Å². The van der Waals surface area contributed by atoms with Crippen molar-refractivity contribution in [3.05, 3.63) is 125 Å². The van der Waals surface area contributed by atoms with E-state index in [4.69, 9.17) is 42.7 Å². The van der Waals surface area contributed by atoms with E-state index >= 15 is 0 Å². The lowest BCUT2D eigenvalue weighted by Crippen LogP contribution is -2.12. The van der Waals surface area contributed by atoms with Gasteiger partial charge in [0, 0.05) is 32.3 Å². The molecule has 0 saturated heterocycles. The summed E-state index contributed by atoms with van der Waals surface area (Å²) in [5, 5.41) is 29.2. The molecule has 8 rings (SSSR count). The molecule has 4 aromatic heterocycles. The van der Waals surface area contributed by atoms with Crippen LogP contribution >= 0.6 is 45.9 Å². The predicted octanol–water partition coefficient (Wildman–Crippen LogP) is 7.62. The summed E-state index contributed by atoms with van der Waals surface area (Å²) in [4.78, 5) is 58.2. The fourth-order valence-corrected chi connectivity index (χ4v) is 9.50. The maximum absolute atomic E-state index is 12.1. The third kappa shape index (κ3) is 7.73. The first kappa shape index (κ1) is 41.3. The summed E-state index contributed by atoms with van der Waals surface area (Å²) in [5.41, 5.74) is 5.76. The molecule has 0 amide bonds. The first-order chi connectivity index (χ1) is 28.3. The SMILES string of the molecule is COC(=O)C[C@@H]1N=C(c2ccc(Cl)cc2)c2c(sc(C(=O)O)c2C)-n2c(C)nnc21.COC(=O)C[C@@H]1N=C(c2ccc(Cl)cc2)c2c(sc(C=O)c2C)-n2c(C)nnc21. The molecule has 0 spiro atoms. The number of esters is 2. The number of fused-ring (bicyclic) bond motifs is 6. The minimum Gasteiger partial charge on any atom is -0.477 e. The molecule has 0 unspecified atom stereocenters. The Kier molecular flexibility index (Phi) is 11.7. The van der Waals surface area contributed by atoms with Gasteiger partial charge in [-0.05, 0) is 63.1 Å². The summed E-state index contributed by atoms with van der Waals surface area (Å²) >= 11 is 14.6. The summed E-state index contributed by atoms with van der Waals surface area (Å²) in [6, 6.07) is 13.2. The number of aldehydes is 1. The highest BCUT2D eigenvalue weighted by Crippen LogP contribution is 2.41. The second kappa shape index (κ2) is 16.8. The number of aromatic carboxylic acids is 1. The van der Waals surface area contributed by atoms with Gasteiger partial charge < -0.3 is 14.6 Å². The number of thiophene rings is 2. The van der Waals surface area contributed by atoms with Crippen LogP contribution in [-0.4, -0.2) is 84.5 Å². The summed E-state index contributed by atoms with van der Waals surface area (Å²) in [6.45, 7) is 7.26. The monoisotopic (exact) mass is 872 g/mol. The number of aryl methyl sites for hydroxylation is 2. The lowest BCUT2D eigenvalue weighted by atomic mass is 9.99. The van der Waals surface area contributed by atoms with E-state index in [1.165, 1.54) is 25.6 Å². The van der Waals surface area contributed by atoms with Gasteiger partial charge in [0.1, 0.15) is 38.6 Å². The first-order valence-electron chi connectivity index (χ1n) is 17.9. The molecule has 0 radical (unpaired) electrons. The van der Waals surface area contributed by atoms with Gasteiger partial charge in [0.05, 0.1) is 43.4 Å². The van der Waals surface area contributed by atoms with E-state index in [9.17, 15) is 24.3 Å². The molecule has 0 saturated carbocycles. The fraction of sp³-hybridized carbons (Fsp3) is 0.250. The summed E-state index contributed by atoms with van der Waals surface area (Å²) in [7, 11) is 2.66. The third-order valence-electron chi connectivity index (χ3n) is 9.75. The maximum atomic E-state index is 12.1. The highest BCUT2D eigenvalue weighted by atomic mass is 35.5. The van der Waals surface area contributed by atoms with Gasteiger partial charge in [-0.1, -0.05) is 47.5 Å². The van der Waals surface area contributed by atoms with Crippen molar-refractivity contribution in [2.24, 2.45) is 9.98 Å². The molecule has 6 aromatic rings. The largest absolute Gasteiger partial charge is 0.477 e. The van der Waals surface area contributed by atoms with E-state index in [2.05, 4.69) is 20.4 Å². The Labute approximate surface area is 355 Å². The molecule has 0 bridgehead atoms. The molecule has 2 aliphatic rings. The minimum absolute atomic E-state index is 0.0223. The number of carbonyl (C=O) groups excluding carboxylic acids is 3. The second-order valence-corrected chi connectivity index (χ2v) is 16.3. The smallest absolute Gasteiger partial charge is 0.346 e. The topological polar surface area (TPSA) is 193 Å². The Bertz CT molecular complexity index is 2710. The van der Waals surface area contributed by atoms with Crippen molar-refractivity contribution in [3.8, 4) is 10.0 Å². The maximum Gasteiger partial charge on any atom is 0.346 e. The summed E-state index contributed by atoms with van der Waals surface area (Å²) in [5.74, 6) is 0.392. The Morgan fingerprint density at radius 2 is 1.12 bits per heavy atom. The zero-order valence-electron chi connectivity index (χ0n) is 32.3. The number of halogens is 2. The van der Waals surface area contributed by atoms with Crippen molar-refractivity contribution in [1.29, 1.82) is 0 Å². The van der Waals surface area contributed by atoms with Crippen molar-refractivity contribution in [1.82, 2.24) is 29.5 Å². The van der Waals surface area contributed by atoms with E-state index in [0.29, 0.717) is 65.8 Å². The molecular weight excluding hydrogens is 840 g/mol. The Morgan fingerprint density at radius 3 is 1.53 bits per heavy atom. The van der Waals surface area contributed by atoms with Crippen LogP contribution in [0.4, 0.5) is 0 Å². The van der Waals surface area contributed by atoms with Crippen LogP contribution in [0.1, 0.15) is 101 Å². The molecule has 1 N–H and O–H groups in total. The molecule has 19 heteroatoms. The molecule has 2 aliphatic heterocycles. The molecule has 302 valence electrons. The van der Waals surface area contributed by atoms with E-state index in [0.717, 1.165) is 44.9 Å². The molecular formula is C40H34Cl2N8O7S2. The van der Waals surface area contributed by atoms with Gasteiger partial charge in [-0.25, -0.2) is 4.79 Å². The zero-order valence-corrected chi connectivity index (χ0v) is 35.5. The Hall–Kier alpha value is -5.88. The average molecular weight is 874 g/mol. The number of rotatable bonds is 8. The number of hydrogen-bond donors (Lipinski definition) is 1. The van der Waals surface area contributed by atoms with Crippen LogP contribution in [0.25, 0.3) is 10.0 Å². The normalized spacial score (nSPS) is 15.1. The summed E-state index contributed by atoms with van der Waals surface area (Å²) in [6.07, 6.45) is 0.852. The minimum atomic E-state index is -1.01. The molecule has 0 aliphatic carbocycles. The average Bonchev–Trinajstić information content (AvgIpc) is 3.94. The van der Waals surface area contributed by atoms with Crippen LogP contribution in [0.15, 0.2) is 58.5 Å². The number of carboxylic acids is 1. The van der Waals surface area contributed by atoms with Gasteiger partial charge >= 0.3 is 17.9 Å². The number of benzene rings is 2. The zero-order chi connectivity index (χ0) is 42.3. The van der Waals surface area contributed by atoms with Crippen LogP contribution in [0, 0.1) is 27.7 Å². The van der Waals surface area contributed by atoms with Gasteiger partial charge in [0.25, 0.3) is 0 Å². The number of nitrogens with zero attached hydrogens (tertiary/aromatic N) is 8. The van der Waals surface area contributed by atoms with Gasteiger partial charge in [0.2, 0.25) is 0 Å². The van der Waals surface area contributed by atoms with E-state index < -0.39 is 30.0 Å². The van der Waals surface area contributed by atoms with Crippen LogP contribution in [-0.2, 0) is 19.1 Å². The molecule has 6 heterocycles. The van der Waals surface area contributed by atoms with E-state index in [-0.39, 0.29) is 17.7 Å². The first-order valence-corrected chi connectivity index (χ1v) is 20.3. The lowest BCUT2D eigenvalue weighted by Gasteiger charge is -2.11. The number of carboxylic acid groups (broad SMARTS) is 1. The van der Waals surface area contributed by atoms with Crippen LogP contribution in [0.5, 0.6) is 0 Å². The van der Waals surface area contributed by atoms with E-state index in [1.54, 1.807) is 42.7 Å². The molecule has 2 aromatic carbocycles. The van der Waals surface area contributed by atoms with Gasteiger partial charge in [-0.3, -0.25) is 33.5 Å². The summed E-state index contributed by atoms with van der Waals surface area (Å²) < 4.78 is 13.4.